The summed E-state index contributed by atoms with van der Waals surface area (Å²) in [6, 6.07) is 18.1. The van der Waals surface area contributed by atoms with Crippen LogP contribution in [0.15, 0.2) is 60.8 Å². The van der Waals surface area contributed by atoms with Crippen molar-refractivity contribution in [1.29, 1.82) is 0 Å². The van der Waals surface area contributed by atoms with Crippen LogP contribution in [-0.2, 0) is 11.3 Å². The van der Waals surface area contributed by atoms with Crippen molar-refractivity contribution >= 4 is 22.6 Å². The molecule has 4 rings (SSSR count). The number of carbonyl (C=O) groups is 1. The summed E-state index contributed by atoms with van der Waals surface area (Å²) in [6.45, 7) is 6.10. The number of carbonyl (C=O) groups excluding carboxylic acids is 1. The van der Waals surface area contributed by atoms with Crippen LogP contribution in [0.3, 0.4) is 0 Å². The van der Waals surface area contributed by atoms with E-state index in [1.54, 1.807) is 10.9 Å². The average Bonchev–Trinajstić information content (AvgIpc) is 2.97. The predicted octanol–water partition coefficient (Wildman–Crippen LogP) is 4.66. The van der Waals surface area contributed by atoms with Crippen molar-refractivity contribution in [3.8, 4) is 11.1 Å². The first-order valence-electron chi connectivity index (χ1n) is 9.27. The highest BCUT2D eigenvalue weighted by Gasteiger charge is 2.16. The fourth-order valence-electron chi connectivity index (χ4n) is 3.63. The highest BCUT2D eigenvalue weighted by molar-refractivity contribution is 5.96. The van der Waals surface area contributed by atoms with Gasteiger partial charge in [0.05, 0.1) is 5.69 Å². The number of fused-ring (bicyclic) bond motifs is 1. The first-order valence-corrected chi connectivity index (χ1v) is 9.27. The Morgan fingerprint density at radius 2 is 1.71 bits per heavy atom. The standard InChI is InChI=1S/C23H22N4O/c1-15-11-16(2)13-19(12-15)25-21(28)14-27-23-22(17(3)26-27)20(9-10-24-23)18-7-5-4-6-8-18/h4-13H,14H2,1-3H3,(H,25,28). The van der Waals surface area contributed by atoms with Crippen LogP contribution in [0.4, 0.5) is 5.69 Å². The van der Waals surface area contributed by atoms with E-state index in [9.17, 15) is 4.79 Å². The molecular formula is C23H22N4O. The first-order chi connectivity index (χ1) is 13.5. The quantitative estimate of drug-likeness (QED) is 0.568. The van der Waals surface area contributed by atoms with Crippen LogP contribution >= 0.6 is 0 Å². The van der Waals surface area contributed by atoms with E-state index in [1.807, 2.05) is 57.2 Å². The Morgan fingerprint density at radius 1 is 1.00 bits per heavy atom. The fraction of sp³-hybridized carbons (Fsp3) is 0.174. The number of benzene rings is 2. The van der Waals surface area contributed by atoms with E-state index in [0.717, 1.165) is 44.7 Å². The molecule has 0 unspecified atom stereocenters. The van der Waals surface area contributed by atoms with Crippen molar-refractivity contribution in [3.63, 3.8) is 0 Å². The van der Waals surface area contributed by atoms with E-state index >= 15 is 0 Å². The lowest BCUT2D eigenvalue weighted by molar-refractivity contribution is -0.116. The molecule has 28 heavy (non-hydrogen) atoms. The van der Waals surface area contributed by atoms with Gasteiger partial charge in [0, 0.05) is 17.3 Å². The van der Waals surface area contributed by atoms with Gasteiger partial charge >= 0.3 is 0 Å². The second kappa shape index (κ2) is 7.27. The monoisotopic (exact) mass is 370 g/mol. The third-order valence-corrected chi connectivity index (χ3v) is 4.69. The maximum atomic E-state index is 12.6. The molecule has 0 radical (unpaired) electrons. The van der Waals surface area contributed by atoms with Crippen molar-refractivity contribution in [2.45, 2.75) is 27.3 Å². The molecule has 0 fully saturated rings. The SMILES string of the molecule is Cc1cc(C)cc(NC(=O)Cn2nc(C)c3c(-c4ccccc4)ccnc32)c1. The Balaban J connectivity index is 1.65. The number of aryl methyl sites for hydroxylation is 3. The number of aromatic nitrogens is 3. The number of amides is 1. The Kier molecular flexibility index (Phi) is 4.65. The molecule has 2 aromatic carbocycles. The first kappa shape index (κ1) is 17.9. The van der Waals surface area contributed by atoms with Gasteiger partial charge in [-0.3, -0.25) is 4.79 Å². The minimum absolute atomic E-state index is 0.114. The lowest BCUT2D eigenvalue weighted by Crippen LogP contribution is -2.20. The zero-order valence-electron chi connectivity index (χ0n) is 16.2. The Morgan fingerprint density at radius 3 is 2.43 bits per heavy atom. The normalized spacial score (nSPS) is 11.0. The van der Waals surface area contributed by atoms with E-state index in [1.165, 1.54) is 0 Å². The van der Waals surface area contributed by atoms with Crippen LogP contribution < -0.4 is 5.32 Å². The van der Waals surface area contributed by atoms with Gasteiger partial charge in [-0.05, 0) is 61.2 Å². The molecule has 0 spiro atoms. The number of hydrogen-bond donors (Lipinski definition) is 1. The molecule has 5 heteroatoms. The summed E-state index contributed by atoms with van der Waals surface area (Å²) in [5.41, 5.74) is 6.79. The molecule has 2 aromatic heterocycles. The van der Waals surface area contributed by atoms with E-state index in [4.69, 9.17) is 0 Å². The van der Waals surface area contributed by atoms with Crippen LogP contribution in [0.1, 0.15) is 16.8 Å². The maximum Gasteiger partial charge on any atom is 0.246 e. The van der Waals surface area contributed by atoms with Gasteiger partial charge in [-0.2, -0.15) is 5.10 Å². The van der Waals surface area contributed by atoms with E-state index in [0.29, 0.717) is 0 Å². The summed E-state index contributed by atoms with van der Waals surface area (Å²) in [4.78, 5) is 17.1. The average molecular weight is 370 g/mol. The molecule has 0 aliphatic carbocycles. The van der Waals surface area contributed by atoms with E-state index in [2.05, 4.69) is 33.6 Å². The van der Waals surface area contributed by atoms with Gasteiger partial charge in [-0.25, -0.2) is 9.67 Å². The van der Waals surface area contributed by atoms with E-state index in [-0.39, 0.29) is 12.5 Å². The molecule has 0 bridgehead atoms. The Labute approximate surface area is 164 Å². The van der Waals surface area contributed by atoms with Crippen LogP contribution in [0, 0.1) is 20.8 Å². The predicted molar refractivity (Wildman–Crippen MR) is 112 cm³/mol. The van der Waals surface area contributed by atoms with Crippen molar-refractivity contribution in [1.82, 2.24) is 14.8 Å². The summed E-state index contributed by atoms with van der Waals surface area (Å²) < 4.78 is 1.68. The summed E-state index contributed by atoms with van der Waals surface area (Å²) in [7, 11) is 0. The molecule has 0 saturated heterocycles. The van der Waals surface area contributed by atoms with Gasteiger partial charge < -0.3 is 5.32 Å². The number of hydrogen-bond acceptors (Lipinski definition) is 3. The highest BCUT2D eigenvalue weighted by atomic mass is 16.2. The molecule has 0 atom stereocenters. The molecule has 4 aromatic rings. The summed E-state index contributed by atoms with van der Waals surface area (Å²) in [5, 5.41) is 8.53. The van der Waals surface area contributed by atoms with Crippen LogP contribution in [0.25, 0.3) is 22.2 Å². The molecule has 140 valence electrons. The third kappa shape index (κ3) is 3.51. The van der Waals surface area contributed by atoms with Crippen LogP contribution in [-0.4, -0.2) is 20.7 Å². The molecule has 0 aliphatic heterocycles. The molecule has 0 saturated carbocycles. The summed E-state index contributed by atoms with van der Waals surface area (Å²) in [5.74, 6) is -0.124. The fourth-order valence-corrected chi connectivity index (χ4v) is 3.63. The second-order valence-corrected chi connectivity index (χ2v) is 7.09. The molecule has 5 nitrogen and oxygen atoms in total. The number of anilines is 1. The number of rotatable bonds is 4. The van der Waals surface area contributed by atoms with Gasteiger partial charge in [-0.1, -0.05) is 36.4 Å². The lowest BCUT2D eigenvalue weighted by atomic mass is 10.0. The van der Waals surface area contributed by atoms with Crippen molar-refractivity contribution < 1.29 is 4.79 Å². The zero-order valence-corrected chi connectivity index (χ0v) is 16.2. The van der Waals surface area contributed by atoms with Crippen LogP contribution in [0.5, 0.6) is 0 Å². The third-order valence-electron chi connectivity index (χ3n) is 4.69. The van der Waals surface area contributed by atoms with Gasteiger partial charge in [0.2, 0.25) is 5.91 Å². The second-order valence-electron chi connectivity index (χ2n) is 7.09. The maximum absolute atomic E-state index is 12.6. The van der Waals surface area contributed by atoms with Gasteiger partial charge in [0.25, 0.3) is 0 Å². The minimum atomic E-state index is -0.124. The molecule has 0 aliphatic rings. The summed E-state index contributed by atoms with van der Waals surface area (Å²) >= 11 is 0. The van der Waals surface area contributed by atoms with Crippen molar-refractivity contribution in [2.75, 3.05) is 5.32 Å². The number of pyridine rings is 1. The Hall–Kier alpha value is -3.47. The summed E-state index contributed by atoms with van der Waals surface area (Å²) in [6.07, 6.45) is 1.77. The van der Waals surface area contributed by atoms with Gasteiger partial charge in [0.15, 0.2) is 5.65 Å². The minimum Gasteiger partial charge on any atom is -0.324 e. The van der Waals surface area contributed by atoms with Gasteiger partial charge in [0.1, 0.15) is 6.54 Å². The van der Waals surface area contributed by atoms with Crippen molar-refractivity contribution in [2.24, 2.45) is 0 Å². The smallest absolute Gasteiger partial charge is 0.246 e. The molecule has 1 N–H and O–H groups in total. The topological polar surface area (TPSA) is 59.8 Å². The number of nitrogens with one attached hydrogen (secondary N) is 1. The zero-order chi connectivity index (χ0) is 19.7. The molecular weight excluding hydrogens is 348 g/mol. The Bertz CT molecular complexity index is 1140. The van der Waals surface area contributed by atoms with Gasteiger partial charge in [-0.15, -0.1) is 0 Å². The van der Waals surface area contributed by atoms with Crippen LogP contribution in [0.2, 0.25) is 0 Å². The molecule has 1 amide bonds. The largest absolute Gasteiger partial charge is 0.324 e. The van der Waals surface area contributed by atoms with Crippen molar-refractivity contribution in [3.05, 3.63) is 77.6 Å². The van der Waals surface area contributed by atoms with E-state index < -0.39 is 0 Å². The number of nitrogens with zero attached hydrogens (tertiary/aromatic N) is 3. The highest BCUT2D eigenvalue weighted by Crippen LogP contribution is 2.29. The molecule has 2 heterocycles. The lowest BCUT2D eigenvalue weighted by Gasteiger charge is -2.08.